The van der Waals surface area contributed by atoms with Gasteiger partial charge in [0.05, 0.1) is 23.4 Å². The number of halogens is 2. The van der Waals surface area contributed by atoms with E-state index in [0.29, 0.717) is 17.8 Å². The number of hydrogen-bond donors (Lipinski definition) is 1. The lowest BCUT2D eigenvalue weighted by Gasteiger charge is -2.07. The lowest BCUT2D eigenvalue weighted by atomic mass is 10.2. The zero-order valence-electron chi connectivity index (χ0n) is 16.9. The number of amides is 1. The molecule has 1 amide bonds. The van der Waals surface area contributed by atoms with Crippen LogP contribution in [0.25, 0.3) is 0 Å². The number of nitrogens with one attached hydrogen (secondary N) is 1. The summed E-state index contributed by atoms with van der Waals surface area (Å²) in [6.45, 7) is 0.0506. The third-order valence-electron chi connectivity index (χ3n) is 4.47. The summed E-state index contributed by atoms with van der Waals surface area (Å²) in [6.07, 6.45) is 4.47. The maximum Gasteiger partial charge on any atom is 0.311 e. The second kappa shape index (κ2) is 9.26. The smallest absolute Gasteiger partial charge is 0.311 e. The van der Waals surface area contributed by atoms with Crippen LogP contribution in [-0.4, -0.2) is 30.4 Å². The number of nitro benzene ring substituents is 1. The summed E-state index contributed by atoms with van der Waals surface area (Å²) in [7, 11) is 0. The summed E-state index contributed by atoms with van der Waals surface area (Å²) in [5.74, 6) is -1.81. The molecule has 0 aliphatic carbocycles. The third-order valence-corrected chi connectivity index (χ3v) is 4.47. The van der Waals surface area contributed by atoms with Crippen LogP contribution in [0.5, 0.6) is 5.75 Å². The SMILES string of the molecule is O=C(Nc1cnn(Cc2cccc(F)c2)c1)c1ccn(COc2cc(F)ccc2[N+](=O)[O-])n1. The molecule has 0 aliphatic rings. The Labute approximate surface area is 185 Å². The average molecular weight is 454 g/mol. The topological polar surface area (TPSA) is 117 Å². The highest BCUT2D eigenvalue weighted by molar-refractivity contribution is 6.02. The normalized spacial score (nSPS) is 10.7. The van der Waals surface area contributed by atoms with Crippen molar-refractivity contribution >= 4 is 17.3 Å². The Morgan fingerprint density at radius 2 is 1.94 bits per heavy atom. The minimum Gasteiger partial charge on any atom is -0.464 e. The third kappa shape index (κ3) is 5.36. The fraction of sp³-hybridized carbons (Fsp3) is 0.0952. The second-order valence-corrected chi connectivity index (χ2v) is 6.89. The maximum atomic E-state index is 13.4. The van der Waals surface area contributed by atoms with Crippen molar-refractivity contribution in [3.63, 3.8) is 0 Å². The standard InChI is InChI=1S/C21H16F2N6O4/c22-15-3-1-2-14(8-15)11-28-12-17(10-24-28)25-21(30)18-6-7-27(26-18)13-33-20-9-16(23)4-5-19(20)29(31)32/h1-10,12H,11,13H2,(H,25,30). The largest absolute Gasteiger partial charge is 0.464 e. The molecule has 0 spiro atoms. The van der Waals surface area contributed by atoms with Crippen LogP contribution in [0.3, 0.4) is 0 Å². The van der Waals surface area contributed by atoms with Crippen molar-refractivity contribution in [2.24, 2.45) is 0 Å². The zero-order valence-corrected chi connectivity index (χ0v) is 16.9. The molecular weight excluding hydrogens is 438 g/mol. The molecule has 0 radical (unpaired) electrons. The lowest BCUT2D eigenvalue weighted by Crippen LogP contribution is -2.14. The van der Waals surface area contributed by atoms with Gasteiger partial charge in [-0.15, -0.1) is 0 Å². The molecule has 0 saturated heterocycles. The van der Waals surface area contributed by atoms with Crippen molar-refractivity contribution < 1.29 is 23.2 Å². The average Bonchev–Trinajstić information content (AvgIpc) is 3.42. The number of anilines is 1. The molecule has 4 rings (SSSR count). The second-order valence-electron chi connectivity index (χ2n) is 6.89. The summed E-state index contributed by atoms with van der Waals surface area (Å²) in [5.41, 5.74) is 0.799. The Hall–Kier alpha value is -4.61. The van der Waals surface area contributed by atoms with E-state index in [0.717, 1.165) is 18.2 Å². The van der Waals surface area contributed by atoms with Crippen LogP contribution in [0.4, 0.5) is 20.2 Å². The predicted molar refractivity (Wildman–Crippen MR) is 112 cm³/mol. The molecular formula is C21H16F2N6O4. The monoisotopic (exact) mass is 454 g/mol. The van der Waals surface area contributed by atoms with Crippen LogP contribution >= 0.6 is 0 Å². The number of benzene rings is 2. The van der Waals surface area contributed by atoms with Gasteiger partial charge in [-0.05, 0) is 29.8 Å². The van der Waals surface area contributed by atoms with Crippen LogP contribution < -0.4 is 10.1 Å². The fourth-order valence-corrected chi connectivity index (χ4v) is 2.98. The molecule has 0 bridgehead atoms. The molecule has 168 valence electrons. The van der Waals surface area contributed by atoms with Gasteiger partial charge >= 0.3 is 5.69 Å². The van der Waals surface area contributed by atoms with Crippen molar-refractivity contribution in [2.75, 3.05) is 5.32 Å². The minimum atomic E-state index is -0.689. The number of carbonyl (C=O) groups is 1. The van der Waals surface area contributed by atoms with Gasteiger partial charge in [0.2, 0.25) is 5.75 Å². The van der Waals surface area contributed by atoms with Gasteiger partial charge in [0.15, 0.2) is 12.4 Å². The Balaban J connectivity index is 1.36. The quantitative estimate of drug-likeness (QED) is 0.321. The number of nitrogens with zero attached hydrogens (tertiary/aromatic N) is 5. The zero-order chi connectivity index (χ0) is 23.4. The molecule has 0 fully saturated rings. The highest BCUT2D eigenvalue weighted by Gasteiger charge is 2.17. The van der Waals surface area contributed by atoms with Crippen LogP contribution in [0.15, 0.2) is 67.1 Å². The number of aromatic nitrogens is 4. The molecule has 4 aromatic rings. The van der Waals surface area contributed by atoms with Crippen molar-refractivity contribution in [2.45, 2.75) is 13.3 Å². The lowest BCUT2D eigenvalue weighted by molar-refractivity contribution is -0.386. The molecule has 2 heterocycles. The van der Waals surface area contributed by atoms with E-state index in [1.54, 1.807) is 23.0 Å². The van der Waals surface area contributed by atoms with Gasteiger partial charge in [-0.25, -0.2) is 13.5 Å². The van der Waals surface area contributed by atoms with Gasteiger partial charge in [0.25, 0.3) is 5.91 Å². The van der Waals surface area contributed by atoms with Crippen molar-refractivity contribution in [3.05, 3.63) is 100 Å². The van der Waals surface area contributed by atoms with E-state index in [-0.39, 0.29) is 24.0 Å². The highest BCUT2D eigenvalue weighted by Crippen LogP contribution is 2.27. The molecule has 0 atom stereocenters. The van der Waals surface area contributed by atoms with Crippen molar-refractivity contribution in [1.82, 2.24) is 19.6 Å². The van der Waals surface area contributed by atoms with E-state index >= 15 is 0 Å². The van der Waals surface area contributed by atoms with E-state index in [4.69, 9.17) is 4.74 Å². The predicted octanol–water partition coefficient (Wildman–Crippen LogP) is 3.60. The summed E-state index contributed by atoms with van der Waals surface area (Å²) >= 11 is 0. The first-order chi connectivity index (χ1) is 15.9. The first-order valence-corrected chi connectivity index (χ1v) is 9.56. The number of rotatable bonds is 8. The van der Waals surface area contributed by atoms with Crippen molar-refractivity contribution in [3.8, 4) is 5.75 Å². The Kier molecular flexibility index (Phi) is 6.06. The molecule has 0 unspecified atom stereocenters. The van der Waals surface area contributed by atoms with E-state index in [1.165, 1.54) is 35.3 Å². The van der Waals surface area contributed by atoms with Crippen molar-refractivity contribution in [1.29, 1.82) is 0 Å². The van der Waals surface area contributed by atoms with E-state index in [9.17, 15) is 23.7 Å². The van der Waals surface area contributed by atoms with Crippen LogP contribution in [0.1, 0.15) is 16.1 Å². The van der Waals surface area contributed by atoms with Gasteiger partial charge in [-0.2, -0.15) is 10.2 Å². The molecule has 2 aromatic heterocycles. The van der Waals surface area contributed by atoms with Crippen LogP contribution in [0, 0.1) is 21.7 Å². The van der Waals surface area contributed by atoms with Gasteiger partial charge in [0.1, 0.15) is 11.6 Å². The van der Waals surface area contributed by atoms with E-state index in [1.807, 2.05) is 0 Å². The molecule has 0 saturated carbocycles. The van der Waals surface area contributed by atoms with Gasteiger partial charge in [-0.3, -0.25) is 19.6 Å². The highest BCUT2D eigenvalue weighted by atomic mass is 19.1. The van der Waals surface area contributed by atoms with Gasteiger partial charge in [-0.1, -0.05) is 12.1 Å². The summed E-state index contributed by atoms with van der Waals surface area (Å²) in [6, 6.07) is 10.4. The van der Waals surface area contributed by atoms with Gasteiger partial charge in [0, 0.05) is 24.5 Å². The minimum absolute atomic E-state index is 0.0604. The molecule has 2 aromatic carbocycles. The van der Waals surface area contributed by atoms with E-state index < -0.39 is 22.3 Å². The van der Waals surface area contributed by atoms with Crippen LogP contribution in [-0.2, 0) is 13.3 Å². The van der Waals surface area contributed by atoms with Gasteiger partial charge < -0.3 is 10.1 Å². The summed E-state index contributed by atoms with van der Waals surface area (Å²) in [4.78, 5) is 22.8. The molecule has 1 N–H and O–H groups in total. The number of ether oxygens (including phenoxy) is 1. The molecule has 33 heavy (non-hydrogen) atoms. The number of nitro groups is 1. The van der Waals surface area contributed by atoms with E-state index in [2.05, 4.69) is 15.5 Å². The van der Waals surface area contributed by atoms with Crippen LogP contribution in [0.2, 0.25) is 0 Å². The molecule has 12 heteroatoms. The number of hydrogen-bond acceptors (Lipinski definition) is 6. The summed E-state index contributed by atoms with van der Waals surface area (Å²) < 4.78 is 34.8. The molecule has 0 aliphatic heterocycles. The Morgan fingerprint density at radius 3 is 2.73 bits per heavy atom. The summed E-state index contributed by atoms with van der Waals surface area (Å²) in [5, 5.41) is 21.9. The first kappa shape index (κ1) is 21.6. The maximum absolute atomic E-state index is 13.4. The molecule has 10 nitrogen and oxygen atoms in total. The first-order valence-electron chi connectivity index (χ1n) is 9.56. The number of carbonyl (C=O) groups excluding carboxylic acids is 1. The Bertz CT molecular complexity index is 1320. The Morgan fingerprint density at radius 1 is 1.12 bits per heavy atom. The fourth-order valence-electron chi connectivity index (χ4n) is 2.98.